The van der Waals surface area contributed by atoms with Crippen LogP contribution < -0.4 is 0 Å². The summed E-state index contributed by atoms with van der Waals surface area (Å²) in [6.45, 7) is 5.24. The number of nitrogens with zero attached hydrogens (tertiary/aromatic N) is 1. The molecule has 3 heteroatoms. The number of ether oxygens (including phenoxy) is 1. The lowest BCUT2D eigenvalue weighted by atomic mass is 10.1. The van der Waals surface area contributed by atoms with Crippen LogP contribution in [-0.2, 0) is 11.3 Å². The van der Waals surface area contributed by atoms with Gasteiger partial charge < -0.3 is 4.74 Å². The van der Waals surface area contributed by atoms with E-state index in [1.165, 1.54) is 11.4 Å². The predicted octanol–water partition coefficient (Wildman–Crippen LogP) is 2.80. The van der Waals surface area contributed by atoms with E-state index in [1.54, 1.807) is 18.4 Å². The second-order valence-corrected chi connectivity index (χ2v) is 5.25. The lowest BCUT2D eigenvalue weighted by Gasteiger charge is -1.97. The molecule has 1 aromatic heterocycles. The van der Waals surface area contributed by atoms with Gasteiger partial charge in [0, 0.05) is 18.4 Å². The van der Waals surface area contributed by atoms with Crippen LogP contribution in [0.1, 0.15) is 36.9 Å². The maximum atomic E-state index is 5.04. The van der Waals surface area contributed by atoms with Crippen LogP contribution in [-0.4, -0.2) is 12.1 Å². The third-order valence-corrected chi connectivity index (χ3v) is 3.68. The Morgan fingerprint density at radius 2 is 2.38 bits per heavy atom. The minimum atomic E-state index is 0.488. The van der Waals surface area contributed by atoms with Gasteiger partial charge in [-0.2, -0.15) is 0 Å². The third-order valence-electron chi connectivity index (χ3n) is 2.67. The van der Waals surface area contributed by atoms with Crippen LogP contribution in [0.4, 0.5) is 0 Å². The highest BCUT2D eigenvalue weighted by Crippen LogP contribution is 2.59. The van der Waals surface area contributed by atoms with Gasteiger partial charge in [0.1, 0.15) is 0 Å². The van der Waals surface area contributed by atoms with Crippen molar-refractivity contribution in [2.75, 3.05) is 7.11 Å². The number of rotatable bonds is 3. The molecule has 1 heterocycles. The first-order valence-corrected chi connectivity index (χ1v) is 5.44. The second kappa shape index (κ2) is 3.07. The normalized spacial score (nSPS) is 24.7. The van der Waals surface area contributed by atoms with Crippen LogP contribution in [0.15, 0.2) is 5.38 Å². The molecule has 2 rings (SSSR count). The summed E-state index contributed by atoms with van der Waals surface area (Å²) in [6.07, 6.45) is 1.28. The number of hydrogen-bond donors (Lipinski definition) is 0. The molecule has 13 heavy (non-hydrogen) atoms. The highest BCUT2D eigenvalue weighted by Gasteiger charge is 2.48. The number of aromatic nitrogens is 1. The van der Waals surface area contributed by atoms with E-state index in [0.29, 0.717) is 17.9 Å². The van der Waals surface area contributed by atoms with Crippen LogP contribution in [0.5, 0.6) is 0 Å². The fourth-order valence-electron chi connectivity index (χ4n) is 1.59. The van der Waals surface area contributed by atoms with Crippen molar-refractivity contribution >= 4 is 11.3 Å². The van der Waals surface area contributed by atoms with Gasteiger partial charge in [0.25, 0.3) is 0 Å². The van der Waals surface area contributed by atoms with E-state index < -0.39 is 0 Å². The van der Waals surface area contributed by atoms with Crippen molar-refractivity contribution in [3.63, 3.8) is 0 Å². The van der Waals surface area contributed by atoms with Gasteiger partial charge in [-0.05, 0) is 11.8 Å². The van der Waals surface area contributed by atoms with Crippen LogP contribution in [0.25, 0.3) is 0 Å². The third kappa shape index (κ3) is 1.76. The minimum Gasteiger partial charge on any atom is -0.378 e. The Hall–Kier alpha value is -0.410. The van der Waals surface area contributed by atoms with E-state index in [4.69, 9.17) is 4.74 Å². The summed E-state index contributed by atoms with van der Waals surface area (Å²) < 4.78 is 5.04. The van der Waals surface area contributed by atoms with Gasteiger partial charge in [0.05, 0.1) is 17.3 Å². The molecule has 0 N–H and O–H groups in total. The van der Waals surface area contributed by atoms with E-state index in [0.717, 1.165) is 5.69 Å². The van der Waals surface area contributed by atoms with Crippen molar-refractivity contribution in [3.05, 3.63) is 16.1 Å². The van der Waals surface area contributed by atoms with Crippen molar-refractivity contribution in [1.82, 2.24) is 4.98 Å². The molecule has 0 aromatic carbocycles. The molecule has 0 aliphatic heterocycles. The molecule has 0 radical (unpaired) electrons. The summed E-state index contributed by atoms with van der Waals surface area (Å²) in [7, 11) is 1.71. The van der Waals surface area contributed by atoms with Gasteiger partial charge in [-0.1, -0.05) is 13.8 Å². The summed E-state index contributed by atoms with van der Waals surface area (Å²) in [4.78, 5) is 4.55. The molecule has 1 aliphatic rings. The van der Waals surface area contributed by atoms with Gasteiger partial charge in [0.15, 0.2) is 0 Å². The summed E-state index contributed by atoms with van der Waals surface area (Å²) in [5, 5.41) is 3.39. The van der Waals surface area contributed by atoms with Crippen LogP contribution in [0.3, 0.4) is 0 Å². The first-order valence-electron chi connectivity index (χ1n) is 4.57. The monoisotopic (exact) mass is 197 g/mol. The lowest BCUT2D eigenvalue weighted by Crippen LogP contribution is -1.91. The molecular weight excluding hydrogens is 182 g/mol. The number of thiazole rings is 1. The Balaban J connectivity index is 2.07. The molecule has 1 aliphatic carbocycles. The van der Waals surface area contributed by atoms with Gasteiger partial charge in [0.2, 0.25) is 0 Å². The second-order valence-electron chi connectivity index (χ2n) is 4.36. The average Bonchev–Trinajstić information content (AvgIpc) is 2.52. The minimum absolute atomic E-state index is 0.488. The summed E-state index contributed by atoms with van der Waals surface area (Å²) in [5.74, 6) is 0.697. The topological polar surface area (TPSA) is 22.1 Å². The van der Waals surface area contributed by atoms with Gasteiger partial charge in [-0.3, -0.25) is 0 Å². The van der Waals surface area contributed by atoms with E-state index in [2.05, 4.69) is 24.2 Å². The first-order chi connectivity index (χ1) is 6.13. The first kappa shape index (κ1) is 9.16. The van der Waals surface area contributed by atoms with E-state index in [1.807, 2.05) is 0 Å². The lowest BCUT2D eigenvalue weighted by molar-refractivity contribution is 0.182. The molecule has 0 bridgehead atoms. The maximum absolute atomic E-state index is 5.04. The van der Waals surface area contributed by atoms with Crippen molar-refractivity contribution in [1.29, 1.82) is 0 Å². The number of methoxy groups -OCH3 is 1. The van der Waals surface area contributed by atoms with Crippen molar-refractivity contribution in [2.45, 2.75) is 32.8 Å². The standard InChI is InChI=1S/C10H15NOS/c1-10(2)4-8(10)9-11-7(5-12-3)6-13-9/h6,8H,4-5H2,1-3H3. The fourth-order valence-corrected chi connectivity index (χ4v) is 2.70. The zero-order valence-corrected chi connectivity index (χ0v) is 9.15. The molecule has 2 nitrogen and oxygen atoms in total. The Kier molecular flexibility index (Phi) is 2.16. The van der Waals surface area contributed by atoms with E-state index in [-0.39, 0.29) is 0 Å². The molecule has 0 amide bonds. The molecular formula is C10H15NOS. The fraction of sp³-hybridized carbons (Fsp3) is 0.700. The van der Waals surface area contributed by atoms with Crippen LogP contribution in [0.2, 0.25) is 0 Å². The molecule has 72 valence electrons. The van der Waals surface area contributed by atoms with Gasteiger partial charge in [-0.15, -0.1) is 11.3 Å². The Morgan fingerprint density at radius 1 is 1.69 bits per heavy atom. The predicted molar refractivity (Wildman–Crippen MR) is 54.0 cm³/mol. The smallest absolute Gasteiger partial charge is 0.0965 e. The highest BCUT2D eigenvalue weighted by atomic mass is 32.1. The Morgan fingerprint density at radius 3 is 2.92 bits per heavy atom. The van der Waals surface area contributed by atoms with Crippen LogP contribution >= 0.6 is 11.3 Å². The Bertz CT molecular complexity index is 306. The van der Waals surface area contributed by atoms with Gasteiger partial charge in [-0.25, -0.2) is 4.98 Å². The molecule has 1 aromatic rings. The zero-order valence-electron chi connectivity index (χ0n) is 8.33. The zero-order chi connectivity index (χ0) is 9.47. The molecule has 1 atom stereocenters. The summed E-state index contributed by atoms with van der Waals surface area (Å²) in [5.41, 5.74) is 1.56. The average molecular weight is 197 g/mol. The highest BCUT2D eigenvalue weighted by molar-refractivity contribution is 7.09. The largest absolute Gasteiger partial charge is 0.378 e. The Labute approximate surface area is 83.0 Å². The van der Waals surface area contributed by atoms with E-state index in [9.17, 15) is 0 Å². The summed E-state index contributed by atoms with van der Waals surface area (Å²) >= 11 is 1.77. The SMILES string of the molecule is COCc1csc(C2CC2(C)C)n1. The maximum Gasteiger partial charge on any atom is 0.0965 e. The summed E-state index contributed by atoms with van der Waals surface area (Å²) in [6, 6.07) is 0. The van der Waals surface area contributed by atoms with E-state index >= 15 is 0 Å². The van der Waals surface area contributed by atoms with Crippen LogP contribution in [0, 0.1) is 5.41 Å². The molecule has 1 unspecified atom stereocenters. The van der Waals surface area contributed by atoms with Gasteiger partial charge >= 0.3 is 0 Å². The molecule has 0 saturated heterocycles. The van der Waals surface area contributed by atoms with Crippen molar-refractivity contribution < 1.29 is 4.74 Å². The van der Waals surface area contributed by atoms with Crippen molar-refractivity contribution in [2.24, 2.45) is 5.41 Å². The molecule has 1 fully saturated rings. The molecule has 0 spiro atoms. The number of hydrogen-bond acceptors (Lipinski definition) is 3. The quantitative estimate of drug-likeness (QED) is 0.743. The van der Waals surface area contributed by atoms with Crippen molar-refractivity contribution in [3.8, 4) is 0 Å². The molecule has 1 saturated carbocycles.